The van der Waals surface area contributed by atoms with Crippen molar-refractivity contribution in [2.45, 2.75) is 0 Å². The lowest BCUT2D eigenvalue weighted by Gasteiger charge is -2.11. The highest BCUT2D eigenvalue weighted by molar-refractivity contribution is 7.80. The Balaban J connectivity index is 1.49. The van der Waals surface area contributed by atoms with Crippen molar-refractivity contribution in [3.63, 3.8) is 0 Å². The topological polar surface area (TPSA) is 130 Å². The number of nitrogens with one attached hydrogen (secondary N) is 4. The number of methoxy groups -OCH3 is 1. The third-order valence-corrected chi connectivity index (χ3v) is 4.70. The van der Waals surface area contributed by atoms with Gasteiger partial charge in [-0.2, -0.15) is 0 Å². The molecule has 0 fully saturated rings. The molecule has 0 aliphatic carbocycles. The highest BCUT2D eigenvalue weighted by atomic mass is 32.1. The zero-order valence-electron chi connectivity index (χ0n) is 15.5. The first kappa shape index (κ1) is 21.0. The highest BCUT2D eigenvalue weighted by Crippen LogP contribution is 2.26. The molecule has 0 atom stereocenters. The standard InChI is InChI=1S/C18H16N6O4S2/c1-28-14-8-4-12(5-9-14)19-17(29)23-22-16(25)21-18-20-15(10-30-18)11-2-6-13(7-3-11)24(26)27/h2-10H,1H3,(H2,19,23,29)(H2,20,21,22,25). The van der Waals surface area contributed by atoms with Crippen molar-refractivity contribution < 1.29 is 14.5 Å². The number of thiocarbonyl (C=S) groups is 1. The smallest absolute Gasteiger partial charge is 0.339 e. The van der Waals surface area contributed by atoms with Crippen molar-refractivity contribution in [3.8, 4) is 17.0 Å². The van der Waals surface area contributed by atoms with Gasteiger partial charge in [0, 0.05) is 28.8 Å². The van der Waals surface area contributed by atoms with E-state index in [2.05, 4.69) is 26.5 Å². The summed E-state index contributed by atoms with van der Waals surface area (Å²) in [5, 5.41) is 18.5. The zero-order chi connectivity index (χ0) is 21.5. The third kappa shape index (κ3) is 5.62. The molecule has 10 nitrogen and oxygen atoms in total. The Hall–Kier alpha value is -3.77. The van der Waals surface area contributed by atoms with Gasteiger partial charge >= 0.3 is 6.03 Å². The summed E-state index contributed by atoms with van der Waals surface area (Å²) in [7, 11) is 1.58. The molecule has 0 saturated heterocycles. The molecule has 0 aliphatic rings. The normalized spacial score (nSPS) is 10.0. The summed E-state index contributed by atoms with van der Waals surface area (Å²) in [5.41, 5.74) is 7.00. The minimum atomic E-state index is -0.557. The van der Waals surface area contributed by atoms with Gasteiger partial charge in [-0.05, 0) is 48.6 Å². The van der Waals surface area contributed by atoms with E-state index in [0.717, 1.165) is 5.69 Å². The summed E-state index contributed by atoms with van der Waals surface area (Å²) in [5.74, 6) is 0.716. The van der Waals surface area contributed by atoms with Crippen LogP contribution >= 0.6 is 23.6 Å². The van der Waals surface area contributed by atoms with Gasteiger partial charge in [-0.1, -0.05) is 0 Å². The van der Waals surface area contributed by atoms with Crippen LogP contribution in [0.3, 0.4) is 0 Å². The molecule has 0 saturated carbocycles. The molecule has 0 bridgehead atoms. The summed E-state index contributed by atoms with van der Waals surface area (Å²) < 4.78 is 5.08. The van der Waals surface area contributed by atoms with Gasteiger partial charge < -0.3 is 10.1 Å². The molecule has 0 radical (unpaired) electrons. The molecular formula is C18H16N6O4S2. The number of nitro groups is 1. The molecule has 1 aromatic heterocycles. The number of nitro benzene ring substituents is 1. The quantitative estimate of drug-likeness (QED) is 0.266. The van der Waals surface area contributed by atoms with E-state index >= 15 is 0 Å². The van der Waals surface area contributed by atoms with Crippen LogP contribution in [0.1, 0.15) is 0 Å². The van der Waals surface area contributed by atoms with Crippen LogP contribution in [0.15, 0.2) is 53.9 Å². The number of hydrogen-bond acceptors (Lipinski definition) is 7. The molecule has 2 amide bonds. The number of anilines is 2. The fourth-order valence-corrected chi connectivity index (χ4v) is 3.18. The number of benzene rings is 2. The van der Waals surface area contributed by atoms with Crippen LogP contribution in [0.25, 0.3) is 11.3 Å². The number of aromatic nitrogens is 1. The average molecular weight is 444 g/mol. The maximum Gasteiger partial charge on any atom is 0.339 e. The van der Waals surface area contributed by atoms with Crippen LogP contribution in [-0.2, 0) is 0 Å². The number of nitrogens with zero attached hydrogens (tertiary/aromatic N) is 2. The second kappa shape index (κ2) is 9.62. The summed E-state index contributed by atoms with van der Waals surface area (Å²) in [4.78, 5) is 26.6. The van der Waals surface area contributed by atoms with Crippen molar-refractivity contribution in [3.05, 3.63) is 64.0 Å². The summed E-state index contributed by atoms with van der Waals surface area (Å²) in [6, 6.07) is 12.5. The molecule has 2 aromatic carbocycles. The number of carbonyl (C=O) groups is 1. The van der Waals surface area contributed by atoms with Crippen LogP contribution in [0.2, 0.25) is 0 Å². The Bertz CT molecular complexity index is 1050. The van der Waals surface area contributed by atoms with E-state index in [1.54, 1.807) is 48.9 Å². The monoisotopic (exact) mass is 444 g/mol. The van der Waals surface area contributed by atoms with E-state index in [9.17, 15) is 14.9 Å². The molecule has 3 aromatic rings. The van der Waals surface area contributed by atoms with Crippen molar-refractivity contribution >= 4 is 51.2 Å². The molecule has 4 N–H and O–H groups in total. The fraction of sp³-hybridized carbons (Fsp3) is 0.0556. The number of urea groups is 1. The van der Waals surface area contributed by atoms with E-state index in [4.69, 9.17) is 17.0 Å². The number of amides is 2. The number of rotatable bonds is 5. The number of thiazole rings is 1. The minimum Gasteiger partial charge on any atom is -0.497 e. The van der Waals surface area contributed by atoms with E-state index in [-0.39, 0.29) is 10.8 Å². The highest BCUT2D eigenvalue weighted by Gasteiger charge is 2.10. The Morgan fingerprint density at radius 3 is 2.43 bits per heavy atom. The van der Waals surface area contributed by atoms with Crippen molar-refractivity contribution in [2.24, 2.45) is 0 Å². The molecule has 1 heterocycles. The van der Waals surface area contributed by atoms with Crippen LogP contribution in [0.4, 0.5) is 21.3 Å². The maximum atomic E-state index is 12.0. The van der Waals surface area contributed by atoms with Gasteiger partial charge in [0.2, 0.25) is 0 Å². The van der Waals surface area contributed by atoms with Crippen molar-refractivity contribution in [2.75, 3.05) is 17.7 Å². The van der Waals surface area contributed by atoms with E-state index < -0.39 is 11.0 Å². The van der Waals surface area contributed by atoms with Gasteiger partial charge in [-0.25, -0.2) is 15.2 Å². The molecular weight excluding hydrogens is 428 g/mol. The second-order valence-electron chi connectivity index (χ2n) is 5.73. The Morgan fingerprint density at radius 1 is 1.10 bits per heavy atom. The number of hydrazine groups is 1. The number of non-ortho nitro benzene ring substituents is 1. The van der Waals surface area contributed by atoms with Gasteiger partial charge in [0.15, 0.2) is 10.2 Å². The van der Waals surface area contributed by atoms with Crippen LogP contribution in [-0.4, -0.2) is 28.2 Å². The van der Waals surface area contributed by atoms with Crippen LogP contribution in [0.5, 0.6) is 5.75 Å². The molecule has 0 aliphatic heterocycles. The Labute approximate surface area is 180 Å². The predicted molar refractivity (Wildman–Crippen MR) is 119 cm³/mol. The van der Waals surface area contributed by atoms with E-state index in [1.807, 2.05) is 0 Å². The SMILES string of the molecule is COc1ccc(NC(=S)NNC(=O)Nc2nc(-c3ccc([N+](=O)[O-])cc3)cs2)cc1. The van der Waals surface area contributed by atoms with Crippen LogP contribution < -0.4 is 26.2 Å². The summed E-state index contributed by atoms with van der Waals surface area (Å²) in [6.45, 7) is 0. The first-order valence-electron chi connectivity index (χ1n) is 8.43. The molecule has 3 rings (SSSR count). The Kier molecular flexibility index (Phi) is 6.72. The van der Waals surface area contributed by atoms with Gasteiger partial charge in [0.05, 0.1) is 17.7 Å². The lowest BCUT2D eigenvalue weighted by Crippen LogP contribution is -2.45. The lowest BCUT2D eigenvalue weighted by molar-refractivity contribution is -0.384. The van der Waals surface area contributed by atoms with Gasteiger partial charge in [0.1, 0.15) is 5.75 Å². The van der Waals surface area contributed by atoms with E-state index in [0.29, 0.717) is 22.1 Å². The first-order chi connectivity index (χ1) is 14.4. The molecule has 0 unspecified atom stereocenters. The maximum absolute atomic E-state index is 12.0. The van der Waals surface area contributed by atoms with Crippen LogP contribution in [0, 0.1) is 10.1 Å². The predicted octanol–water partition coefficient (Wildman–Crippen LogP) is 3.75. The summed E-state index contributed by atoms with van der Waals surface area (Å²) >= 11 is 6.34. The molecule has 0 spiro atoms. The number of carbonyl (C=O) groups excluding carboxylic acids is 1. The third-order valence-electron chi connectivity index (χ3n) is 3.74. The zero-order valence-corrected chi connectivity index (χ0v) is 17.2. The number of hydrogen-bond donors (Lipinski definition) is 4. The molecule has 30 heavy (non-hydrogen) atoms. The van der Waals surface area contributed by atoms with Gasteiger partial charge in [-0.3, -0.25) is 20.9 Å². The van der Waals surface area contributed by atoms with Crippen molar-refractivity contribution in [1.82, 2.24) is 15.8 Å². The largest absolute Gasteiger partial charge is 0.497 e. The van der Waals surface area contributed by atoms with Gasteiger partial charge in [0.25, 0.3) is 5.69 Å². The van der Waals surface area contributed by atoms with Gasteiger partial charge in [-0.15, -0.1) is 11.3 Å². The minimum absolute atomic E-state index is 0.00278. The van der Waals surface area contributed by atoms with E-state index in [1.165, 1.54) is 23.5 Å². The molecule has 154 valence electrons. The lowest BCUT2D eigenvalue weighted by atomic mass is 10.1. The van der Waals surface area contributed by atoms with Crippen molar-refractivity contribution in [1.29, 1.82) is 0 Å². The average Bonchev–Trinajstić information content (AvgIpc) is 3.21. The fourth-order valence-electron chi connectivity index (χ4n) is 2.30. The molecule has 12 heteroatoms. The Morgan fingerprint density at radius 2 is 1.80 bits per heavy atom. The second-order valence-corrected chi connectivity index (χ2v) is 6.99. The summed E-state index contributed by atoms with van der Waals surface area (Å²) in [6.07, 6.45) is 0. The first-order valence-corrected chi connectivity index (χ1v) is 9.72. The number of ether oxygens (including phenoxy) is 1.